The van der Waals surface area contributed by atoms with Gasteiger partial charge in [0.1, 0.15) is 5.54 Å². The lowest BCUT2D eigenvalue weighted by molar-refractivity contribution is -0.152. The largest absolute Gasteiger partial charge is 0.376 e. The molecule has 2 saturated carbocycles. The molecule has 33 heavy (non-hydrogen) atoms. The van der Waals surface area contributed by atoms with E-state index in [0.29, 0.717) is 13.0 Å². The number of amides is 2. The van der Waals surface area contributed by atoms with Gasteiger partial charge in [-0.2, -0.15) is 0 Å². The SMILES string of the molecule is O=C(Cc1c[nH]c2ccccc12)N(CC1CCCO1)C1(C(=O)NC2CCCC2)CCCCC1. The fourth-order valence-electron chi connectivity index (χ4n) is 6.19. The molecule has 1 atom stereocenters. The van der Waals surface area contributed by atoms with E-state index in [4.69, 9.17) is 4.74 Å². The highest BCUT2D eigenvalue weighted by Gasteiger charge is 2.48. The molecule has 6 heteroatoms. The first kappa shape index (κ1) is 22.5. The second kappa shape index (κ2) is 9.88. The molecule has 3 aliphatic rings. The van der Waals surface area contributed by atoms with Gasteiger partial charge in [-0.25, -0.2) is 0 Å². The van der Waals surface area contributed by atoms with E-state index in [2.05, 4.69) is 16.4 Å². The number of para-hydroxylation sites is 1. The summed E-state index contributed by atoms with van der Waals surface area (Å²) >= 11 is 0. The Labute approximate surface area is 196 Å². The zero-order valence-corrected chi connectivity index (χ0v) is 19.6. The minimum Gasteiger partial charge on any atom is -0.376 e. The van der Waals surface area contributed by atoms with Crippen molar-refractivity contribution in [1.82, 2.24) is 15.2 Å². The predicted molar refractivity (Wildman–Crippen MR) is 129 cm³/mol. The number of H-pyrrole nitrogens is 1. The number of rotatable bonds is 7. The van der Waals surface area contributed by atoms with Gasteiger partial charge in [-0.15, -0.1) is 0 Å². The monoisotopic (exact) mass is 451 g/mol. The minimum absolute atomic E-state index is 0.0231. The molecule has 0 bridgehead atoms. The van der Waals surface area contributed by atoms with Crippen molar-refractivity contribution in [2.45, 2.75) is 94.7 Å². The third-order valence-corrected chi connectivity index (χ3v) is 8.04. The van der Waals surface area contributed by atoms with E-state index in [1.165, 1.54) is 12.8 Å². The maximum Gasteiger partial charge on any atom is 0.246 e. The van der Waals surface area contributed by atoms with E-state index < -0.39 is 5.54 Å². The lowest BCUT2D eigenvalue weighted by atomic mass is 9.78. The summed E-state index contributed by atoms with van der Waals surface area (Å²) in [6.07, 6.45) is 13.3. The van der Waals surface area contributed by atoms with Crippen LogP contribution in [0.1, 0.15) is 76.2 Å². The molecule has 2 aliphatic carbocycles. The van der Waals surface area contributed by atoms with E-state index >= 15 is 0 Å². The van der Waals surface area contributed by atoms with Crippen molar-refractivity contribution >= 4 is 22.7 Å². The van der Waals surface area contributed by atoms with Crippen LogP contribution in [0.15, 0.2) is 30.5 Å². The van der Waals surface area contributed by atoms with Crippen LogP contribution in [0.4, 0.5) is 0 Å². The maximum absolute atomic E-state index is 14.0. The van der Waals surface area contributed by atoms with Crippen LogP contribution in [0.3, 0.4) is 0 Å². The minimum atomic E-state index is -0.754. The Bertz CT molecular complexity index is 966. The summed E-state index contributed by atoms with van der Waals surface area (Å²) in [6, 6.07) is 8.35. The molecule has 6 nitrogen and oxygen atoms in total. The van der Waals surface area contributed by atoms with Crippen molar-refractivity contribution in [2.75, 3.05) is 13.2 Å². The van der Waals surface area contributed by atoms with Crippen LogP contribution in [0.2, 0.25) is 0 Å². The van der Waals surface area contributed by atoms with E-state index in [1.807, 2.05) is 29.3 Å². The molecule has 2 N–H and O–H groups in total. The zero-order valence-electron chi connectivity index (χ0n) is 19.6. The van der Waals surface area contributed by atoms with Gasteiger partial charge in [0.2, 0.25) is 11.8 Å². The van der Waals surface area contributed by atoms with Gasteiger partial charge in [0.15, 0.2) is 0 Å². The van der Waals surface area contributed by atoms with E-state index in [9.17, 15) is 9.59 Å². The average Bonchev–Trinajstić information content (AvgIpc) is 3.61. The summed E-state index contributed by atoms with van der Waals surface area (Å²) in [5, 5.41) is 4.44. The summed E-state index contributed by atoms with van der Waals surface area (Å²) in [5.41, 5.74) is 1.28. The number of aromatic amines is 1. The number of hydrogen-bond donors (Lipinski definition) is 2. The summed E-state index contributed by atoms with van der Waals surface area (Å²) < 4.78 is 5.96. The Balaban J connectivity index is 1.44. The Morgan fingerprint density at radius 1 is 1.03 bits per heavy atom. The molecule has 2 aromatic rings. The van der Waals surface area contributed by atoms with Crippen molar-refractivity contribution in [2.24, 2.45) is 0 Å². The predicted octanol–water partition coefficient (Wildman–Crippen LogP) is 4.48. The molecule has 1 saturated heterocycles. The molecule has 178 valence electrons. The third kappa shape index (κ3) is 4.68. The molecule has 2 amide bonds. The number of ether oxygens (including phenoxy) is 1. The van der Waals surface area contributed by atoms with Gasteiger partial charge >= 0.3 is 0 Å². The highest BCUT2D eigenvalue weighted by atomic mass is 16.5. The van der Waals surface area contributed by atoms with Crippen LogP contribution in [0.25, 0.3) is 10.9 Å². The summed E-state index contributed by atoms with van der Waals surface area (Å²) in [5.74, 6) is 0.109. The number of benzene rings is 1. The lowest BCUT2D eigenvalue weighted by Crippen LogP contribution is -2.64. The molecule has 5 rings (SSSR count). The normalized spacial score (nSPS) is 23.1. The first-order valence-corrected chi connectivity index (χ1v) is 12.9. The van der Waals surface area contributed by atoms with Crippen molar-refractivity contribution in [3.63, 3.8) is 0 Å². The second-order valence-corrected chi connectivity index (χ2v) is 10.2. The zero-order chi connectivity index (χ0) is 22.7. The maximum atomic E-state index is 14.0. The van der Waals surface area contributed by atoms with Crippen LogP contribution in [-0.4, -0.2) is 52.5 Å². The lowest BCUT2D eigenvalue weighted by Gasteiger charge is -2.46. The Morgan fingerprint density at radius 2 is 1.82 bits per heavy atom. The van der Waals surface area contributed by atoms with Crippen molar-refractivity contribution < 1.29 is 14.3 Å². The molecule has 0 radical (unpaired) electrons. The van der Waals surface area contributed by atoms with Gasteiger partial charge in [0, 0.05) is 36.3 Å². The quantitative estimate of drug-likeness (QED) is 0.652. The highest BCUT2D eigenvalue weighted by Crippen LogP contribution is 2.36. The first-order valence-electron chi connectivity index (χ1n) is 12.9. The van der Waals surface area contributed by atoms with Gasteiger partial charge < -0.3 is 19.9 Å². The van der Waals surface area contributed by atoms with E-state index in [1.54, 1.807) is 0 Å². The Kier molecular flexibility index (Phi) is 6.72. The molecule has 1 aromatic carbocycles. The number of carbonyl (C=O) groups is 2. The van der Waals surface area contributed by atoms with Crippen LogP contribution >= 0.6 is 0 Å². The van der Waals surface area contributed by atoms with Crippen LogP contribution < -0.4 is 5.32 Å². The molecular formula is C27H37N3O3. The highest BCUT2D eigenvalue weighted by molar-refractivity contribution is 5.94. The number of carbonyl (C=O) groups excluding carboxylic acids is 2. The van der Waals surface area contributed by atoms with Gasteiger partial charge in [0.05, 0.1) is 12.5 Å². The average molecular weight is 452 g/mol. The smallest absolute Gasteiger partial charge is 0.246 e. The molecule has 0 spiro atoms. The molecule has 1 aliphatic heterocycles. The summed E-state index contributed by atoms with van der Waals surface area (Å²) in [6.45, 7) is 1.26. The van der Waals surface area contributed by atoms with Gasteiger partial charge in [-0.3, -0.25) is 9.59 Å². The van der Waals surface area contributed by atoms with Gasteiger partial charge in [-0.05, 0) is 50.2 Å². The Morgan fingerprint density at radius 3 is 2.58 bits per heavy atom. The first-order chi connectivity index (χ1) is 16.2. The van der Waals surface area contributed by atoms with Gasteiger partial charge in [-0.1, -0.05) is 50.3 Å². The number of fused-ring (bicyclic) bond motifs is 1. The number of nitrogens with zero attached hydrogens (tertiary/aromatic N) is 1. The van der Waals surface area contributed by atoms with Crippen LogP contribution in [0, 0.1) is 0 Å². The fourth-order valence-corrected chi connectivity index (χ4v) is 6.19. The van der Waals surface area contributed by atoms with Crippen LogP contribution in [-0.2, 0) is 20.7 Å². The van der Waals surface area contributed by atoms with Gasteiger partial charge in [0.25, 0.3) is 0 Å². The summed E-state index contributed by atoms with van der Waals surface area (Å²) in [4.78, 5) is 33.1. The number of nitrogens with one attached hydrogen (secondary N) is 2. The standard InChI is InChI=1S/C27H37N3O3/c31-25(17-20-18-28-24-13-5-4-12-23(20)24)30(19-22-11-8-16-33-22)27(14-6-1-7-15-27)26(32)29-21-9-2-3-10-21/h4-5,12-13,18,21-22,28H,1-3,6-11,14-17,19H2,(H,29,32). The van der Waals surface area contributed by atoms with Crippen LogP contribution in [0.5, 0.6) is 0 Å². The fraction of sp³-hybridized carbons (Fsp3) is 0.630. The van der Waals surface area contributed by atoms with E-state index in [-0.39, 0.29) is 24.0 Å². The van der Waals surface area contributed by atoms with Crippen molar-refractivity contribution in [3.8, 4) is 0 Å². The number of aromatic nitrogens is 1. The second-order valence-electron chi connectivity index (χ2n) is 10.2. The van der Waals surface area contributed by atoms with Crippen molar-refractivity contribution in [3.05, 3.63) is 36.0 Å². The molecular weight excluding hydrogens is 414 g/mol. The Hall–Kier alpha value is -2.34. The molecule has 2 heterocycles. The van der Waals surface area contributed by atoms with E-state index in [0.717, 1.165) is 80.9 Å². The van der Waals surface area contributed by atoms with Crippen molar-refractivity contribution in [1.29, 1.82) is 0 Å². The third-order valence-electron chi connectivity index (χ3n) is 8.04. The molecule has 1 unspecified atom stereocenters. The summed E-state index contributed by atoms with van der Waals surface area (Å²) in [7, 11) is 0. The number of hydrogen-bond acceptors (Lipinski definition) is 3. The topological polar surface area (TPSA) is 74.4 Å². The molecule has 1 aromatic heterocycles. The molecule has 3 fully saturated rings.